The highest BCUT2D eigenvalue weighted by Gasteiger charge is 2.09. The Labute approximate surface area is 103 Å². The largest absolute Gasteiger partial charge is 0.439 e. The number of fused-ring (bicyclic) bond motifs is 1. The maximum Gasteiger partial charge on any atom is 0.197 e. The van der Waals surface area contributed by atoms with Gasteiger partial charge in [0, 0.05) is 13.5 Å². The molecule has 0 radical (unpaired) electrons. The lowest BCUT2D eigenvalue weighted by Crippen LogP contribution is -1.93. The van der Waals surface area contributed by atoms with Gasteiger partial charge in [0.2, 0.25) is 0 Å². The first kappa shape index (κ1) is 11.6. The number of oxazole rings is 1. The van der Waals surface area contributed by atoms with Crippen LogP contribution in [0.2, 0.25) is 0 Å². The minimum atomic E-state index is 0.630. The molecule has 0 saturated heterocycles. The minimum absolute atomic E-state index is 0.630. The number of hydrogen-bond acceptors (Lipinski definition) is 3. The Balaban J connectivity index is 2.40. The maximum atomic E-state index is 5.66. The first-order valence-electron chi connectivity index (χ1n) is 5.31. The van der Waals surface area contributed by atoms with E-state index in [-0.39, 0.29) is 0 Å². The van der Waals surface area contributed by atoms with Crippen molar-refractivity contribution in [2.75, 3.05) is 13.7 Å². The predicted octanol–water partition coefficient (Wildman–Crippen LogP) is 3.34. The number of aryl methyl sites for hydroxylation is 1. The van der Waals surface area contributed by atoms with Gasteiger partial charge in [0.25, 0.3) is 0 Å². The highest BCUT2D eigenvalue weighted by molar-refractivity contribution is 9.10. The summed E-state index contributed by atoms with van der Waals surface area (Å²) in [5, 5.41) is 0. The molecule has 0 aliphatic carbocycles. The highest BCUT2D eigenvalue weighted by Crippen LogP contribution is 2.27. The van der Waals surface area contributed by atoms with Crippen LogP contribution in [0.15, 0.2) is 21.0 Å². The second kappa shape index (κ2) is 4.97. The summed E-state index contributed by atoms with van der Waals surface area (Å²) in [6, 6.07) is 4.15. The Morgan fingerprint density at radius 3 is 2.94 bits per heavy atom. The molecule has 0 fully saturated rings. The lowest BCUT2D eigenvalue weighted by atomic mass is 10.1. The Bertz CT molecular complexity index is 493. The molecule has 0 N–H and O–H groups in total. The van der Waals surface area contributed by atoms with Crippen LogP contribution in [0.5, 0.6) is 0 Å². The Hall–Kier alpha value is -0.870. The molecular formula is C12H14BrNO2. The minimum Gasteiger partial charge on any atom is -0.439 e. The summed E-state index contributed by atoms with van der Waals surface area (Å²) in [5.41, 5.74) is 2.99. The fraction of sp³-hybridized carbons (Fsp3) is 0.417. The summed E-state index contributed by atoms with van der Waals surface area (Å²) in [6.45, 7) is 2.75. The Morgan fingerprint density at radius 2 is 2.25 bits per heavy atom. The molecule has 0 unspecified atom stereocenters. The van der Waals surface area contributed by atoms with Crippen LogP contribution in [-0.4, -0.2) is 18.7 Å². The van der Waals surface area contributed by atoms with Crippen LogP contribution in [0.1, 0.15) is 18.4 Å². The SMILES string of the molecule is CCc1cc(Br)c2oc(CCOC)nc2c1. The molecule has 0 amide bonds. The Morgan fingerprint density at radius 1 is 1.44 bits per heavy atom. The highest BCUT2D eigenvalue weighted by atomic mass is 79.9. The molecule has 4 heteroatoms. The number of nitrogens with zero attached hydrogens (tertiary/aromatic N) is 1. The number of ether oxygens (including phenoxy) is 1. The summed E-state index contributed by atoms with van der Waals surface area (Å²) in [7, 11) is 1.67. The fourth-order valence-electron chi connectivity index (χ4n) is 1.59. The number of rotatable bonds is 4. The smallest absolute Gasteiger partial charge is 0.197 e. The van der Waals surface area contributed by atoms with Crippen molar-refractivity contribution in [3.63, 3.8) is 0 Å². The predicted molar refractivity (Wildman–Crippen MR) is 66.7 cm³/mol. The van der Waals surface area contributed by atoms with E-state index in [4.69, 9.17) is 9.15 Å². The van der Waals surface area contributed by atoms with Crippen LogP contribution in [-0.2, 0) is 17.6 Å². The molecule has 2 rings (SSSR count). The molecule has 16 heavy (non-hydrogen) atoms. The second-order valence-electron chi connectivity index (χ2n) is 3.63. The van der Waals surface area contributed by atoms with E-state index < -0.39 is 0 Å². The zero-order valence-corrected chi connectivity index (χ0v) is 11.0. The Kier molecular flexibility index (Phi) is 3.61. The number of halogens is 1. The van der Waals surface area contributed by atoms with E-state index in [1.54, 1.807) is 7.11 Å². The number of benzene rings is 1. The van der Waals surface area contributed by atoms with Crippen LogP contribution in [0, 0.1) is 0 Å². The van der Waals surface area contributed by atoms with Crippen LogP contribution >= 0.6 is 15.9 Å². The monoisotopic (exact) mass is 283 g/mol. The molecule has 0 aliphatic rings. The van der Waals surface area contributed by atoms with Gasteiger partial charge in [-0.15, -0.1) is 0 Å². The molecule has 0 aliphatic heterocycles. The van der Waals surface area contributed by atoms with Crippen molar-refractivity contribution in [1.82, 2.24) is 4.98 Å². The molecule has 0 bridgehead atoms. The third-order valence-electron chi connectivity index (χ3n) is 2.48. The van der Waals surface area contributed by atoms with Gasteiger partial charge in [-0.25, -0.2) is 4.98 Å². The second-order valence-corrected chi connectivity index (χ2v) is 4.48. The van der Waals surface area contributed by atoms with Crippen LogP contribution in [0.4, 0.5) is 0 Å². The molecule has 1 aromatic carbocycles. The lowest BCUT2D eigenvalue weighted by Gasteiger charge is -1.97. The fourth-order valence-corrected chi connectivity index (χ4v) is 2.17. The topological polar surface area (TPSA) is 35.3 Å². The summed E-state index contributed by atoms with van der Waals surface area (Å²) in [6.07, 6.45) is 1.70. The van der Waals surface area contributed by atoms with Crippen molar-refractivity contribution in [3.05, 3.63) is 28.1 Å². The number of hydrogen-bond donors (Lipinski definition) is 0. The normalized spacial score (nSPS) is 11.2. The molecule has 86 valence electrons. The van der Waals surface area contributed by atoms with Gasteiger partial charge < -0.3 is 9.15 Å². The first-order valence-corrected chi connectivity index (χ1v) is 6.10. The quantitative estimate of drug-likeness (QED) is 0.863. The van der Waals surface area contributed by atoms with Gasteiger partial charge in [-0.2, -0.15) is 0 Å². The van der Waals surface area contributed by atoms with E-state index in [1.165, 1.54) is 5.56 Å². The standard InChI is InChI=1S/C12H14BrNO2/c1-3-8-6-9(13)12-10(7-8)14-11(16-12)4-5-15-2/h6-7H,3-5H2,1-2H3. The van der Waals surface area contributed by atoms with E-state index in [2.05, 4.69) is 40.0 Å². The summed E-state index contributed by atoms with van der Waals surface area (Å²) in [4.78, 5) is 4.44. The van der Waals surface area contributed by atoms with Crippen molar-refractivity contribution >= 4 is 27.0 Å². The molecule has 3 nitrogen and oxygen atoms in total. The summed E-state index contributed by atoms with van der Waals surface area (Å²) < 4.78 is 11.6. The van der Waals surface area contributed by atoms with E-state index in [0.717, 1.165) is 27.9 Å². The molecule has 2 aromatic rings. The van der Waals surface area contributed by atoms with E-state index in [0.29, 0.717) is 13.0 Å². The van der Waals surface area contributed by atoms with Crippen molar-refractivity contribution in [3.8, 4) is 0 Å². The van der Waals surface area contributed by atoms with Gasteiger partial charge in [-0.3, -0.25) is 0 Å². The summed E-state index contributed by atoms with van der Waals surface area (Å²) in [5.74, 6) is 0.728. The van der Waals surface area contributed by atoms with Crippen molar-refractivity contribution in [2.45, 2.75) is 19.8 Å². The van der Waals surface area contributed by atoms with Gasteiger partial charge >= 0.3 is 0 Å². The van der Waals surface area contributed by atoms with Crippen molar-refractivity contribution in [2.24, 2.45) is 0 Å². The zero-order chi connectivity index (χ0) is 11.5. The molecule has 0 spiro atoms. The lowest BCUT2D eigenvalue weighted by molar-refractivity contribution is 0.196. The third-order valence-corrected chi connectivity index (χ3v) is 3.07. The van der Waals surface area contributed by atoms with Crippen LogP contribution < -0.4 is 0 Å². The summed E-state index contributed by atoms with van der Waals surface area (Å²) >= 11 is 3.51. The average molecular weight is 284 g/mol. The molecule has 1 aromatic heterocycles. The van der Waals surface area contributed by atoms with Crippen LogP contribution in [0.25, 0.3) is 11.1 Å². The van der Waals surface area contributed by atoms with Crippen molar-refractivity contribution < 1.29 is 9.15 Å². The van der Waals surface area contributed by atoms with Gasteiger partial charge in [0.05, 0.1) is 11.1 Å². The molecule has 0 atom stereocenters. The molecule has 1 heterocycles. The van der Waals surface area contributed by atoms with E-state index in [9.17, 15) is 0 Å². The van der Waals surface area contributed by atoms with Crippen LogP contribution in [0.3, 0.4) is 0 Å². The zero-order valence-electron chi connectivity index (χ0n) is 9.42. The maximum absolute atomic E-state index is 5.66. The third kappa shape index (κ3) is 2.28. The van der Waals surface area contributed by atoms with Gasteiger partial charge in [0.1, 0.15) is 5.52 Å². The van der Waals surface area contributed by atoms with E-state index in [1.807, 2.05) is 0 Å². The van der Waals surface area contributed by atoms with E-state index >= 15 is 0 Å². The van der Waals surface area contributed by atoms with Gasteiger partial charge in [-0.05, 0) is 40.0 Å². The van der Waals surface area contributed by atoms with Gasteiger partial charge in [-0.1, -0.05) is 6.92 Å². The first-order chi connectivity index (χ1) is 7.74. The average Bonchev–Trinajstić information content (AvgIpc) is 2.69. The molecule has 0 saturated carbocycles. The number of methoxy groups -OCH3 is 1. The van der Waals surface area contributed by atoms with Gasteiger partial charge in [0.15, 0.2) is 11.5 Å². The molecular weight excluding hydrogens is 270 g/mol. The van der Waals surface area contributed by atoms with Crippen molar-refractivity contribution in [1.29, 1.82) is 0 Å². The number of aromatic nitrogens is 1.